The predicted molar refractivity (Wildman–Crippen MR) is 82.3 cm³/mol. The molecule has 0 saturated heterocycles. The lowest BCUT2D eigenvalue weighted by Gasteiger charge is -2.07. The number of aromatic nitrogens is 1. The smallest absolute Gasteiger partial charge is 0.197 e. The summed E-state index contributed by atoms with van der Waals surface area (Å²) in [5, 5.41) is 1.29. The van der Waals surface area contributed by atoms with Crippen molar-refractivity contribution in [1.82, 2.24) is 4.98 Å². The quantitative estimate of drug-likeness (QED) is 0.553. The normalized spacial score (nSPS) is 10.9. The van der Waals surface area contributed by atoms with Crippen LogP contribution in [0, 0.1) is 6.92 Å². The van der Waals surface area contributed by atoms with Gasteiger partial charge in [0.15, 0.2) is 5.78 Å². The summed E-state index contributed by atoms with van der Waals surface area (Å²) in [6.07, 6.45) is 1.68. The minimum Gasteiger partial charge on any atom is -0.398 e. The van der Waals surface area contributed by atoms with Gasteiger partial charge in [0.25, 0.3) is 0 Å². The number of hydrogen-bond donors (Lipinski definition) is 2. The van der Waals surface area contributed by atoms with Gasteiger partial charge < -0.3 is 10.7 Å². The number of halogens is 1. The molecular formula is C16H13ClN2O. The van der Waals surface area contributed by atoms with Gasteiger partial charge in [0, 0.05) is 33.9 Å². The molecule has 3 nitrogen and oxygen atoms in total. The lowest BCUT2D eigenvalue weighted by molar-refractivity contribution is 0.104. The van der Waals surface area contributed by atoms with Gasteiger partial charge in [-0.25, -0.2) is 0 Å². The third-order valence-corrected chi connectivity index (χ3v) is 3.78. The zero-order valence-electron chi connectivity index (χ0n) is 10.9. The molecular weight excluding hydrogens is 272 g/mol. The van der Waals surface area contributed by atoms with E-state index in [-0.39, 0.29) is 5.78 Å². The second-order valence-electron chi connectivity index (χ2n) is 4.73. The minimum absolute atomic E-state index is 0.120. The lowest BCUT2D eigenvalue weighted by atomic mass is 9.99. The molecule has 0 bridgehead atoms. The van der Waals surface area contributed by atoms with E-state index >= 15 is 0 Å². The number of rotatable bonds is 2. The highest BCUT2D eigenvalue weighted by Gasteiger charge is 2.18. The van der Waals surface area contributed by atoms with Gasteiger partial charge in [0.05, 0.1) is 5.02 Å². The first kappa shape index (κ1) is 12.8. The van der Waals surface area contributed by atoms with E-state index in [1.807, 2.05) is 31.2 Å². The van der Waals surface area contributed by atoms with Crippen LogP contribution >= 0.6 is 11.6 Å². The fourth-order valence-electron chi connectivity index (χ4n) is 2.34. The van der Waals surface area contributed by atoms with E-state index in [0.29, 0.717) is 21.8 Å². The Morgan fingerprint density at radius 1 is 1.15 bits per heavy atom. The third kappa shape index (κ3) is 1.87. The van der Waals surface area contributed by atoms with Gasteiger partial charge in [-0.3, -0.25) is 4.79 Å². The fraction of sp³-hybridized carbons (Fsp3) is 0.0625. The number of aromatic amines is 1. The third-order valence-electron chi connectivity index (χ3n) is 3.47. The van der Waals surface area contributed by atoms with Crippen LogP contribution in [0.15, 0.2) is 42.6 Å². The number of H-pyrrole nitrogens is 1. The molecule has 0 amide bonds. The number of ketones is 1. The van der Waals surface area contributed by atoms with Crippen molar-refractivity contribution in [2.45, 2.75) is 6.92 Å². The minimum atomic E-state index is -0.120. The summed E-state index contributed by atoms with van der Waals surface area (Å²) in [5.41, 5.74) is 9.30. The van der Waals surface area contributed by atoms with E-state index in [1.54, 1.807) is 18.3 Å². The maximum absolute atomic E-state index is 12.7. The van der Waals surface area contributed by atoms with Crippen LogP contribution in [0.1, 0.15) is 21.5 Å². The Bertz CT molecular complexity index is 820. The van der Waals surface area contributed by atoms with Crippen molar-refractivity contribution in [3.8, 4) is 0 Å². The molecule has 0 aliphatic heterocycles. The van der Waals surface area contributed by atoms with Gasteiger partial charge in [-0.05, 0) is 30.7 Å². The highest BCUT2D eigenvalue weighted by molar-refractivity contribution is 6.37. The van der Waals surface area contributed by atoms with E-state index in [1.165, 1.54) is 0 Å². The number of hydrogen-bond acceptors (Lipinski definition) is 2. The Kier molecular flexibility index (Phi) is 2.99. The molecule has 3 aromatic rings. The first-order valence-electron chi connectivity index (χ1n) is 6.25. The second kappa shape index (κ2) is 4.69. The van der Waals surface area contributed by atoms with Crippen molar-refractivity contribution in [1.29, 1.82) is 0 Å². The fourth-order valence-corrected chi connectivity index (χ4v) is 2.62. The standard InChI is InChI=1S/C16H13ClN2O/c1-9-4-2-5-10(15(9)18)16(20)11-8-19-13-7-3-6-12(17)14(11)13/h2-8,19H,18H2,1H3. The molecule has 0 fully saturated rings. The molecule has 0 atom stereocenters. The summed E-state index contributed by atoms with van der Waals surface area (Å²) >= 11 is 6.20. The molecule has 4 heteroatoms. The molecule has 1 aromatic heterocycles. The molecule has 0 aliphatic carbocycles. The summed E-state index contributed by atoms with van der Waals surface area (Å²) in [4.78, 5) is 15.8. The van der Waals surface area contributed by atoms with Crippen molar-refractivity contribution >= 4 is 34.0 Å². The van der Waals surface area contributed by atoms with Gasteiger partial charge in [-0.1, -0.05) is 29.8 Å². The molecule has 0 radical (unpaired) electrons. The molecule has 20 heavy (non-hydrogen) atoms. The van der Waals surface area contributed by atoms with Crippen LogP contribution in [-0.4, -0.2) is 10.8 Å². The molecule has 0 spiro atoms. The average molecular weight is 285 g/mol. The number of benzene rings is 2. The zero-order valence-corrected chi connectivity index (χ0v) is 11.7. The Morgan fingerprint density at radius 3 is 2.70 bits per heavy atom. The molecule has 1 heterocycles. The predicted octanol–water partition coefficient (Wildman–Crippen LogP) is 3.94. The van der Waals surface area contributed by atoms with E-state index < -0.39 is 0 Å². The van der Waals surface area contributed by atoms with E-state index in [0.717, 1.165) is 16.5 Å². The van der Waals surface area contributed by atoms with Gasteiger partial charge in [-0.15, -0.1) is 0 Å². The summed E-state index contributed by atoms with van der Waals surface area (Å²) in [6.45, 7) is 1.88. The van der Waals surface area contributed by atoms with Gasteiger partial charge in [0.1, 0.15) is 0 Å². The van der Waals surface area contributed by atoms with Gasteiger partial charge in [-0.2, -0.15) is 0 Å². The van der Waals surface area contributed by atoms with Crippen molar-refractivity contribution in [2.24, 2.45) is 0 Å². The van der Waals surface area contributed by atoms with Crippen molar-refractivity contribution < 1.29 is 4.79 Å². The number of aryl methyl sites for hydroxylation is 1. The second-order valence-corrected chi connectivity index (χ2v) is 5.14. The van der Waals surface area contributed by atoms with Crippen molar-refractivity contribution in [2.75, 3.05) is 5.73 Å². The number of fused-ring (bicyclic) bond motifs is 1. The van der Waals surface area contributed by atoms with Crippen LogP contribution in [0.25, 0.3) is 10.9 Å². The maximum atomic E-state index is 12.7. The molecule has 0 saturated carbocycles. The van der Waals surface area contributed by atoms with Crippen LogP contribution < -0.4 is 5.73 Å². The van der Waals surface area contributed by atoms with E-state index in [2.05, 4.69) is 4.98 Å². The monoisotopic (exact) mass is 284 g/mol. The molecule has 3 N–H and O–H groups in total. The summed E-state index contributed by atoms with van der Waals surface area (Å²) < 4.78 is 0. The Labute approximate surface area is 121 Å². The van der Waals surface area contributed by atoms with Crippen molar-refractivity contribution in [3.05, 3.63) is 64.3 Å². The number of anilines is 1. The number of nitrogen functional groups attached to an aromatic ring is 1. The van der Waals surface area contributed by atoms with Crippen molar-refractivity contribution in [3.63, 3.8) is 0 Å². The topological polar surface area (TPSA) is 58.9 Å². The van der Waals surface area contributed by atoms with E-state index in [4.69, 9.17) is 17.3 Å². The largest absolute Gasteiger partial charge is 0.398 e. The van der Waals surface area contributed by atoms with Gasteiger partial charge in [0.2, 0.25) is 0 Å². The molecule has 3 rings (SSSR count). The van der Waals surface area contributed by atoms with Gasteiger partial charge >= 0.3 is 0 Å². The summed E-state index contributed by atoms with van der Waals surface area (Å²) in [7, 11) is 0. The number of para-hydroxylation sites is 1. The van der Waals surface area contributed by atoms with Crippen LogP contribution in [0.2, 0.25) is 5.02 Å². The Hall–Kier alpha value is -2.26. The highest BCUT2D eigenvalue weighted by atomic mass is 35.5. The van der Waals surface area contributed by atoms with Crippen LogP contribution in [-0.2, 0) is 0 Å². The first-order chi connectivity index (χ1) is 9.59. The summed E-state index contributed by atoms with van der Waals surface area (Å²) in [5.74, 6) is -0.120. The van der Waals surface area contributed by atoms with Crippen LogP contribution in [0.5, 0.6) is 0 Å². The average Bonchev–Trinajstić information content (AvgIpc) is 2.86. The number of nitrogens with one attached hydrogen (secondary N) is 1. The molecule has 0 aliphatic rings. The zero-order chi connectivity index (χ0) is 14.3. The molecule has 100 valence electrons. The Morgan fingerprint density at radius 2 is 1.90 bits per heavy atom. The molecule has 2 aromatic carbocycles. The Balaban J connectivity index is 2.21. The maximum Gasteiger partial charge on any atom is 0.197 e. The van der Waals surface area contributed by atoms with E-state index in [9.17, 15) is 4.79 Å². The summed E-state index contributed by atoms with van der Waals surface area (Å²) in [6, 6.07) is 11.0. The lowest BCUT2D eigenvalue weighted by Crippen LogP contribution is -2.06. The van der Waals surface area contributed by atoms with Crippen LogP contribution in [0.4, 0.5) is 5.69 Å². The molecule has 0 unspecified atom stereocenters. The first-order valence-corrected chi connectivity index (χ1v) is 6.63. The number of nitrogens with two attached hydrogens (primary N) is 1. The van der Waals surface area contributed by atoms with Crippen LogP contribution in [0.3, 0.4) is 0 Å². The SMILES string of the molecule is Cc1cccc(C(=O)c2c[nH]c3cccc(Cl)c23)c1N. The number of carbonyl (C=O) groups excluding carboxylic acids is 1. The highest BCUT2D eigenvalue weighted by Crippen LogP contribution is 2.29. The number of carbonyl (C=O) groups is 1.